The summed E-state index contributed by atoms with van der Waals surface area (Å²) in [5, 5.41) is 0. The fourth-order valence-electron chi connectivity index (χ4n) is 1.33. The van der Waals surface area contributed by atoms with Gasteiger partial charge in [-0.1, -0.05) is 32.4 Å². The van der Waals surface area contributed by atoms with Gasteiger partial charge in [0.25, 0.3) is 0 Å². The molecule has 0 aromatic heterocycles. The zero-order chi connectivity index (χ0) is 11.4. The largest absolute Gasteiger partial charge is 0.299 e. The zero-order valence-electron chi connectivity index (χ0n) is 10.5. The van der Waals surface area contributed by atoms with Gasteiger partial charge in [0.2, 0.25) is 0 Å². The van der Waals surface area contributed by atoms with Crippen LogP contribution in [0.25, 0.3) is 0 Å². The number of allylic oxidation sites excluding steroid dienone is 2. The number of carbonyl (C=O) groups is 1. The lowest BCUT2D eigenvalue weighted by atomic mass is 9.75. The summed E-state index contributed by atoms with van der Waals surface area (Å²) in [5.74, 6) is 0.748. The standard InChI is InChI=1S/C13H24O/c1-10(2)8-7-9-11(3)13(5,6)12(4)14/h8,11H,7,9H2,1-6H3/t11-/m1/s1. The van der Waals surface area contributed by atoms with Crippen LogP contribution in [-0.4, -0.2) is 5.78 Å². The Kier molecular flexibility index (Phi) is 5.11. The minimum atomic E-state index is -0.171. The molecule has 14 heavy (non-hydrogen) atoms. The monoisotopic (exact) mass is 196 g/mol. The predicted molar refractivity (Wildman–Crippen MR) is 62.3 cm³/mol. The van der Waals surface area contributed by atoms with Crippen molar-refractivity contribution in [3.05, 3.63) is 11.6 Å². The van der Waals surface area contributed by atoms with E-state index in [0.717, 1.165) is 12.8 Å². The first-order chi connectivity index (χ1) is 6.28. The Labute approximate surface area is 88.6 Å². The van der Waals surface area contributed by atoms with Crippen LogP contribution in [0.2, 0.25) is 0 Å². The van der Waals surface area contributed by atoms with E-state index in [9.17, 15) is 4.79 Å². The maximum Gasteiger partial charge on any atom is 0.135 e. The Morgan fingerprint density at radius 1 is 1.29 bits per heavy atom. The second-order valence-corrected chi connectivity index (χ2v) is 5.04. The smallest absolute Gasteiger partial charge is 0.135 e. The van der Waals surface area contributed by atoms with Gasteiger partial charge in [-0.05, 0) is 39.5 Å². The fourth-order valence-corrected chi connectivity index (χ4v) is 1.33. The quantitative estimate of drug-likeness (QED) is 0.608. The molecule has 0 aliphatic heterocycles. The highest BCUT2D eigenvalue weighted by atomic mass is 16.1. The summed E-state index contributed by atoms with van der Waals surface area (Å²) >= 11 is 0. The molecule has 1 nitrogen and oxygen atoms in total. The first-order valence-corrected chi connectivity index (χ1v) is 5.43. The maximum absolute atomic E-state index is 11.4. The van der Waals surface area contributed by atoms with E-state index in [2.05, 4.69) is 26.8 Å². The molecule has 0 aromatic rings. The average Bonchev–Trinajstić information content (AvgIpc) is 2.02. The zero-order valence-corrected chi connectivity index (χ0v) is 10.5. The number of Topliss-reactive ketones (excluding diaryl/α,β-unsaturated/α-hetero) is 1. The van der Waals surface area contributed by atoms with E-state index < -0.39 is 0 Å². The van der Waals surface area contributed by atoms with Crippen LogP contribution in [0.3, 0.4) is 0 Å². The summed E-state index contributed by atoms with van der Waals surface area (Å²) in [7, 11) is 0. The number of hydrogen-bond acceptors (Lipinski definition) is 1. The van der Waals surface area contributed by atoms with Crippen molar-refractivity contribution in [2.24, 2.45) is 11.3 Å². The van der Waals surface area contributed by atoms with Gasteiger partial charge in [0.05, 0.1) is 0 Å². The molecule has 0 N–H and O–H groups in total. The van der Waals surface area contributed by atoms with Crippen LogP contribution in [0.15, 0.2) is 11.6 Å². The average molecular weight is 196 g/mol. The molecular formula is C13H24O. The van der Waals surface area contributed by atoms with Crippen molar-refractivity contribution in [3.8, 4) is 0 Å². The second-order valence-electron chi connectivity index (χ2n) is 5.04. The van der Waals surface area contributed by atoms with Gasteiger partial charge in [0.15, 0.2) is 0 Å². The Morgan fingerprint density at radius 2 is 1.79 bits per heavy atom. The number of ketones is 1. The third-order valence-corrected chi connectivity index (χ3v) is 3.29. The third kappa shape index (κ3) is 4.08. The van der Waals surface area contributed by atoms with Crippen LogP contribution in [0.1, 0.15) is 54.4 Å². The van der Waals surface area contributed by atoms with E-state index in [0.29, 0.717) is 11.7 Å². The van der Waals surface area contributed by atoms with Gasteiger partial charge in [-0.25, -0.2) is 0 Å². The molecule has 0 aromatic carbocycles. The molecule has 0 aliphatic rings. The third-order valence-electron chi connectivity index (χ3n) is 3.29. The number of hydrogen-bond donors (Lipinski definition) is 0. The molecule has 0 amide bonds. The Morgan fingerprint density at radius 3 is 2.14 bits per heavy atom. The molecule has 0 aliphatic carbocycles. The van der Waals surface area contributed by atoms with Crippen LogP contribution in [0, 0.1) is 11.3 Å². The van der Waals surface area contributed by atoms with Crippen LogP contribution in [0.4, 0.5) is 0 Å². The molecule has 0 heterocycles. The van der Waals surface area contributed by atoms with Gasteiger partial charge in [-0.15, -0.1) is 0 Å². The summed E-state index contributed by atoms with van der Waals surface area (Å²) < 4.78 is 0. The molecule has 0 unspecified atom stereocenters. The van der Waals surface area contributed by atoms with Crippen molar-refractivity contribution in [2.75, 3.05) is 0 Å². The second kappa shape index (κ2) is 5.33. The maximum atomic E-state index is 11.4. The predicted octanol–water partition coefficient (Wildman–Crippen LogP) is 3.98. The van der Waals surface area contributed by atoms with Crippen molar-refractivity contribution >= 4 is 5.78 Å². The molecule has 0 saturated heterocycles. The minimum Gasteiger partial charge on any atom is -0.299 e. The molecule has 0 bridgehead atoms. The summed E-state index contributed by atoms with van der Waals surface area (Å²) in [4.78, 5) is 11.4. The van der Waals surface area contributed by atoms with Gasteiger partial charge in [-0.2, -0.15) is 0 Å². The van der Waals surface area contributed by atoms with Crippen LogP contribution >= 0.6 is 0 Å². The van der Waals surface area contributed by atoms with E-state index >= 15 is 0 Å². The number of carbonyl (C=O) groups excluding carboxylic acids is 1. The van der Waals surface area contributed by atoms with Crippen LogP contribution in [0.5, 0.6) is 0 Å². The number of rotatable bonds is 5. The van der Waals surface area contributed by atoms with Gasteiger partial charge in [-0.3, -0.25) is 4.79 Å². The van der Waals surface area contributed by atoms with E-state index in [1.165, 1.54) is 5.57 Å². The van der Waals surface area contributed by atoms with Crippen molar-refractivity contribution < 1.29 is 4.79 Å². The Hall–Kier alpha value is -0.590. The van der Waals surface area contributed by atoms with Gasteiger partial charge in [0.1, 0.15) is 5.78 Å². The molecule has 82 valence electrons. The molecule has 1 heteroatoms. The first kappa shape index (κ1) is 13.4. The highest BCUT2D eigenvalue weighted by Crippen LogP contribution is 2.31. The normalized spacial score (nSPS) is 13.6. The van der Waals surface area contributed by atoms with Gasteiger partial charge >= 0.3 is 0 Å². The molecular weight excluding hydrogens is 172 g/mol. The molecule has 1 atom stereocenters. The Balaban J connectivity index is 4.15. The summed E-state index contributed by atoms with van der Waals surface area (Å²) in [6, 6.07) is 0. The van der Waals surface area contributed by atoms with Crippen LogP contribution in [-0.2, 0) is 4.79 Å². The SMILES string of the molecule is CC(=O)C(C)(C)[C@H](C)CCC=C(C)C. The lowest BCUT2D eigenvalue weighted by molar-refractivity contribution is -0.127. The van der Waals surface area contributed by atoms with E-state index in [-0.39, 0.29) is 5.41 Å². The first-order valence-electron chi connectivity index (χ1n) is 5.43. The summed E-state index contributed by atoms with van der Waals surface area (Å²) in [6.45, 7) is 12.2. The van der Waals surface area contributed by atoms with Crippen LogP contribution < -0.4 is 0 Å². The molecule has 0 radical (unpaired) electrons. The van der Waals surface area contributed by atoms with Crippen molar-refractivity contribution in [3.63, 3.8) is 0 Å². The lowest BCUT2D eigenvalue weighted by Gasteiger charge is -2.28. The van der Waals surface area contributed by atoms with Crippen molar-refractivity contribution in [1.29, 1.82) is 0 Å². The van der Waals surface area contributed by atoms with Gasteiger partial charge in [0, 0.05) is 5.41 Å². The highest BCUT2D eigenvalue weighted by molar-refractivity contribution is 5.81. The molecule has 0 rings (SSSR count). The van der Waals surface area contributed by atoms with E-state index in [1.54, 1.807) is 6.92 Å². The van der Waals surface area contributed by atoms with Gasteiger partial charge < -0.3 is 0 Å². The van der Waals surface area contributed by atoms with E-state index in [4.69, 9.17) is 0 Å². The summed E-state index contributed by atoms with van der Waals surface area (Å²) in [5.41, 5.74) is 1.19. The van der Waals surface area contributed by atoms with Crippen molar-refractivity contribution in [2.45, 2.75) is 54.4 Å². The van der Waals surface area contributed by atoms with Crippen molar-refractivity contribution in [1.82, 2.24) is 0 Å². The Bertz CT molecular complexity index is 219. The fraction of sp³-hybridized carbons (Fsp3) is 0.769. The minimum absolute atomic E-state index is 0.171. The molecule has 0 spiro atoms. The summed E-state index contributed by atoms with van der Waals surface area (Å²) in [6.07, 6.45) is 4.42. The molecule has 0 fully saturated rings. The molecule has 0 saturated carbocycles. The van der Waals surface area contributed by atoms with E-state index in [1.807, 2.05) is 13.8 Å². The topological polar surface area (TPSA) is 17.1 Å². The highest BCUT2D eigenvalue weighted by Gasteiger charge is 2.29. The lowest BCUT2D eigenvalue weighted by Crippen LogP contribution is -2.29.